The minimum atomic E-state index is -0.380. The maximum Gasteiger partial charge on any atom is 0.258 e. The van der Waals surface area contributed by atoms with Crippen LogP contribution in [0.5, 0.6) is 0 Å². The fraction of sp³-hybridized carbons (Fsp3) is 0.455. The lowest BCUT2D eigenvalue weighted by molar-refractivity contribution is 0.372. The molecule has 0 aromatic carbocycles. The Morgan fingerprint density at radius 2 is 2.11 bits per heavy atom. The topological polar surface area (TPSA) is 64.9 Å². The van der Waals surface area contributed by atoms with Crippen LogP contribution in [0.1, 0.15) is 31.5 Å². The molecule has 3 rings (SSSR count). The van der Waals surface area contributed by atoms with Crippen molar-refractivity contribution in [2.24, 2.45) is 5.73 Å². The monoisotopic (exact) mass is 349 g/mol. The summed E-state index contributed by atoms with van der Waals surface area (Å²) in [5, 5.41) is 6.02. The van der Waals surface area contributed by atoms with E-state index in [1.165, 1.54) is 0 Å². The predicted molar refractivity (Wildman–Crippen MR) is 76.9 cm³/mol. The molecule has 1 aliphatic rings. The SMILES string of the molecule is Cl.NC1(c2noc(-c3csc(Br)c3)n2)CCCC1. The summed E-state index contributed by atoms with van der Waals surface area (Å²) in [6.07, 6.45) is 4.17. The van der Waals surface area contributed by atoms with Crippen molar-refractivity contribution < 1.29 is 4.52 Å². The molecule has 0 unspecified atom stereocenters. The zero-order valence-electron chi connectivity index (χ0n) is 9.56. The third-order valence-corrected chi connectivity index (χ3v) is 4.69. The van der Waals surface area contributed by atoms with Crippen molar-refractivity contribution in [2.75, 3.05) is 0 Å². The lowest BCUT2D eigenvalue weighted by atomic mass is 9.99. The molecule has 1 saturated carbocycles. The molecule has 0 aliphatic heterocycles. The fourth-order valence-electron chi connectivity index (χ4n) is 2.19. The zero-order chi connectivity index (χ0) is 11.9. The van der Waals surface area contributed by atoms with E-state index in [0.29, 0.717) is 11.7 Å². The number of nitrogens with two attached hydrogens (primary N) is 1. The standard InChI is InChI=1S/C11H12BrN3OS.ClH/c12-8-5-7(6-17-8)9-14-10(15-16-9)11(13)3-1-2-4-11;/h5-6H,1-4,13H2;1H. The van der Waals surface area contributed by atoms with Gasteiger partial charge in [-0.05, 0) is 34.8 Å². The van der Waals surface area contributed by atoms with Gasteiger partial charge in [-0.2, -0.15) is 4.98 Å². The van der Waals surface area contributed by atoms with Crippen molar-refractivity contribution in [2.45, 2.75) is 31.2 Å². The van der Waals surface area contributed by atoms with Gasteiger partial charge in [0.15, 0.2) is 5.82 Å². The molecule has 2 aromatic rings. The van der Waals surface area contributed by atoms with Crippen LogP contribution >= 0.6 is 39.7 Å². The maximum absolute atomic E-state index is 6.29. The Hall–Kier alpha value is -0.430. The third-order valence-electron chi connectivity index (χ3n) is 3.18. The second-order valence-corrected chi connectivity index (χ2v) is 6.72. The summed E-state index contributed by atoms with van der Waals surface area (Å²) >= 11 is 5.01. The van der Waals surface area contributed by atoms with E-state index in [1.807, 2.05) is 11.4 Å². The highest BCUT2D eigenvalue weighted by atomic mass is 79.9. The van der Waals surface area contributed by atoms with E-state index in [0.717, 1.165) is 35.0 Å². The number of halogens is 2. The van der Waals surface area contributed by atoms with E-state index in [9.17, 15) is 0 Å². The van der Waals surface area contributed by atoms with Crippen molar-refractivity contribution in [3.63, 3.8) is 0 Å². The van der Waals surface area contributed by atoms with Gasteiger partial charge in [0, 0.05) is 5.38 Å². The van der Waals surface area contributed by atoms with E-state index in [4.69, 9.17) is 10.3 Å². The van der Waals surface area contributed by atoms with Crippen LogP contribution in [-0.2, 0) is 5.54 Å². The Balaban J connectivity index is 0.00000120. The number of hydrogen-bond donors (Lipinski definition) is 1. The quantitative estimate of drug-likeness (QED) is 0.896. The molecular weight excluding hydrogens is 338 g/mol. The Morgan fingerprint density at radius 1 is 1.39 bits per heavy atom. The van der Waals surface area contributed by atoms with Gasteiger partial charge in [0.25, 0.3) is 5.89 Å². The predicted octanol–water partition coefficient (Wildman–Crippen LogP) is 3.71. The average Bonchev–Trinajstić information content (AvgIpc) is 2.96. The summed E-state index contributed by atoms with van der Waals surface area (Å²) in [6, 6.07) is 1.97. The largest absolute Gasteiger partial charge is 0.334 e. The summed E-state index contributed by atoms with van der Waals surface area (Å²) in [7, 11) is 0. The Bertz CT molecular complexity index is 536. The van der Waals surface area contributed by atoms with Crippen molar-refractivity contribution in [3.05, 3.63) is 21.1 Å². The summed E-state index contributed by atoms with van der Waals surface area (Å²) in [5.41, 5.74) is 6.85. The fourth-order valence-corrected chi connectivity index (χ4v) is 3.33. The van der Waals surface area contributed by atoms with Crippen LogP contribution in [0.2, 0.25) is 0 Å². The van der Waals surface area contributed by atoms with E-state index < -0.39 is 0 Å². The molecule has 7 heteroatoms. The molecule has 0 spiro atoms. The first-order valence-corrected chi connectivity index (χ1v) is 7.22. The normalized spacial score (nSPS) is 17.7. The molecule has 1 fully saturated rings. The number of thiophene rings is 1. The summed E-state index contributed by atoms with van der Waals surface area (Å²) < 4.78 is 6.34. The molecule has 0 radical (unpaired) electrons. The van der Waals surface area contributed by atoms with E-state index in [2.05, 4.69) is 26.1 Å². The highest BCUT2D eigenvalue weighted by molar-refractivity contribution is 9.11. The van der Waals surface area contributed by atoms with Crippen LogP contribution in [0.25, 0.3) is 11.5 Å². The zero-order valence-corrected chi connectivity index (χ0v) is 12.8. The summed E-state index contributed by atoms with van der Waals surface area (Å²) in [4.78, 5) is 4.43. The summed E-state index contributed by atoms with van der Waals surface area (Å²) in [6.45, 7) is 0. The number of nitrogens with zero attached hydrogens (tertiary/aromatic N) is 2. The third kappa shape index (κ3) is 2.47. The molecule has 2 heterocycles. The van der Waals surface area contributed by atoms with Crippen molar-refractivity contribution in [1.29, 1.82) is 0 Å². The minimum Gasteiger partial charge on any atom is -0.334 e. The van der Waals surface area contributed by atoms with E-state index in [-0.39, 0.29) is 17.9 Å². The van der Waals surface area contributed by atoms with Gasteiger partial charge in [-0.1, -0.05) is 18.0 Å². The highest BCUT2D eigenvalue weighted by Gasteiger charge is 2.36. The highest BCUT2D eigenvalue weighted by Crippen LogP contribution is 2.36. The number of aromatic nitrogens is 2. The van der Waals surface area contributed by atoms with E-state index >= 15 is 0 Å². The lowest BCUT2D eigenvalue weighted by Gasteiger charge is -2.17. The molecule has 0 amide bonds. The van der Waals surface area contributed by atoms with Crippen molar-refractivity contribution >= 4 is 39.7 Å². The second-order valence-electron chi connectivity index (χ2n) is 4.43. The van der Waals surface area contributed by atoms with Crippen molar-refractivity contribution in [1.82, 2.24) is 10.1 Å². The molecule has 18 heavy (non-hydrogen) atoms. The second kappa shape index (κ2) is 5.28. The Morgan fingerprint density at radius 3 is 2.72 bits per heavy atom. The molecule has 1 aliphatic carbocycles. The molecule has 2 aromatic heterocycles. The first-order valence-electron chi connectivity index (χ1n) is 5.55. The van der Waals surface area contributed by atoms with Gasteiger partial charge in [-0.3, -0.25) is 0 Å². The van der Waals surface area contributed by atoms with Crippen LogP contribution in [0.3, 0.4) is 0 Å². The van der Waals surface area contributed by atoms with E-state index in [1.54, 1.807) is 11.3 Å². The number of hydrogen-bond acceptors (Lipinski definition) is 5. The molecule has 4 nitrogen and oxygen atoms in total. The molecule has 98 valence electrons. The van der Waals surface area contributed by atoms with Crippen LogP contribution in [0.15, 0.2) is 19.8 Å². The van der Waals surface area contributed by atoms with Crippen LogP contribution in [-0.4, -0.2) is 10.1 Å². The lowest BCUT2D eigenvalue weighted by Crippen LogP contribution is -2.34. The van der Waals surface area contributed by atoms with Gasteiger partial charge in [0.05, 0.1) is 14.9 Å². The number of rotatable bonds is 2. The Kier molecular flexibility index (Phi) is 4.11. The Labute approximate surface area is 123 Å². The minimum absolute atomic E-state index is 0. The van der Waals surface area contributed by atoms with Crippen LogP contribution in [0.4, 0.5) is 0 Å². The van der Waals surface area contributed by atoms with Gasteiger partial charge in [0.1, 0.15) is 0 Å². The molecule has 0 saturated heterocycles. The summed E-state index contributed by atoms with van der Waals surface area (Å²) in [5.74, 6) is 1.20. The molecule has 0 atom stereocenters. The molecule has 0 bridgehead atoms. The molecular formula is C11H13BrClN3OS. The van der Waals surface area contributed by atoms with Gasteiger partial charge in [-0.15, -0.1) is 23.7 Å². The van der Waals surface area contributed by atoms with Crippen molar-refractivity contribution in [3.8, 4) is 11.5 Å². The van der Waals surface area contributed by atoms with Gasteiger partial charge in [-0.25, -0.2) is 0 Å². The average molecular weight is 351 g/mol. The van der Waals surface area contributed by atoms with Gasteiger partial charge < -0.3 is 10.3 Å². The van der Waals surface area contributed by atoms with Crippen LogP contribution < -0.4 is 5.73 Å². The first kappa shape index (κ1) is 14.0. The maximum atomic E-state index is 6.29. The van der Waals surface area contributed by atoms with Gasteiger partial charge in [0.2, 0.25) is 0 Å². The first-order chi connectivity index (χ1) is 8.17. The van der Waals surface area contributed by atoms with Gasteiger partial charge >= 0.3 is 0 Å². The smallest absolute Gasteiger partial charge is 0.258 e. The molecule has 2 N–H and O–H groups in total. The van der Waals surface area contributed by atoms with Crippen LogP contribution in [0, 0.1) is 0 Å².